The van der Waals surface area contributed by atoms with Gasteiger partial charge in [-0.1, -0.05) is 36.4 Å². The number of sulfone groups is 2. The highest BCUT2D eigenvalue weighted by Gasteiger charge is 2.22. The number of likely N-dealkylation sites (tertiary alicyclic amines) is 1. The Morgan fingerprint density at radius 2 is 1.65 bits per heavy atom. The molecule has 1 aliphatic rings. The van der Waals surface area contributed by atoms with E-state index in [1.54, 1.807) is 16.6 Å². The number of hydrogen-bond acceptors (Lipinski definition) is 7. The first-order valence-corrected chi connectivity index (χ1v) is 16.2. The molecule has 8 nitrogen and oxygen atoms in total. The summed E-state index contributed by atoms with van der Waals surface area (Å²) in [5, 5.41) is 4.29. The van der Waals surface area contributed by atoms with E-state index in [0.29, 0.717) is 18.1 Å². The van der Waals surface area contributed by atoms with E-state index in [1.165, 1.54) is 24.4 Å². The van der Waals surface area contributed by atoms with Crippen LogP contribution in [-0.4, -0.2) is 74.2 Å². The molecule has 1 aliphatic heterocycles. The van der Waals surface area contributed by atoms with Crippen molar-refractivity contribution in [3.8, 4) is 22.3 Å². The van der Waals surface area contributed by atoms with Crippen LogP contribution < -0.4 is 0 Å². The summed E-state index contributed by atoms with van der Waals surface area (Å²) in [5.41, 5.74) is 5.79. The molecule has 5 rings (SSSR count). The van der Waals surface area contributed by atoms with E-state index in [4.69, 9.17) is 0 Å². The maximum Gasteiger partial charge on any atom is 0.175 e. The molecule has 2 aromatic carbocycles. The molecule has 1 fully saturated rings. The topological polar surface area (TPSA) is 102 Å². The Balaban J connectivity index is 1.46. The summed E-state index contributed by atoms with van der Waals surface area (Å²) in [4.78, 5) is 7.00. The van der Waals surface area contributed by atoms with E-state index < -0.39 is 19.7 Å². The Morgan fingerprint density at radius 1 is 0.919 bits per heavy atom. The molecule has 0 radical (unpaired) electrons. The second kappa shape index (κ2) is 10.00. The zero-order chi connectivity index (χ0) is 26.2. The van der Waals surface area contributed by atoms with Crippen molar-refractivity contribution in [3.05, 3.63) is 72.7 Å². The van der Waals surface area contributed by atoms with Crippen molar-refractivity contribution in [2.45, 2.75) is 23.7 Å². The fraction of sp³-hybridized carbons (Fsp3) is 0.333. The molecule has 2 aromatic heterocycles. The van der Waals surface area contributed by atoms with Gasteiger partial charge in [-0.3, -0.25) is 0 Å². The molecule has 0 N–H and O–H groups in total. The smallest absolute Gasteiger partial charge is 0.175 e. The molecule has 0 amide bonds. The van der Waals surface area contributed by atoms with Gasteiger partial charge in [-0.25, -0.2) is 26.3 Å². The molecule has 0 saturated carbocycles. The van der Waals surface area contributed by atoms with E-state index >= 15 is 0 Å². The van der Waals surface area contributed by atoms with Crippen molar-refractivity contribution in [3.63, 3.8) is 0 Å². The van der Waals surface area contributed by atoms with Gasteiger partial charge in [0.15, 0.2) is 15.5 Å². The molecule has 1 saturated heterocycles. The summed E-state index contributed by atoms with van der Waals surface area (Å²) >= 11 is 0. The van der Waals surface area contributed by atoms with Crippen LogP contribution in [0.2, 0.25) is 0 Å². The zero-order valence-electron chi connectivity index (χ0n) is 20.9. The summed E-state index contributed by atoms with van der Waals surface area (Å²) in [7, 11) is -6.25. The van der Waals surface area contributed by atoms with Crippen LogP contribution in [0, 0.1) is 0 Å². The Hall–Kier alpha value is -3.08. The van der Waals surface area contributed by atoms with Gasteiger partial charge in [0.1, 0.15) is 16.2 Å². The third-order valence-corrected chi connectivity index (χ3v) is 9.11. The van der Waals surface area contributed by atoms with Crippen molar-refractivity contribution in [1.29, 1.82) is 0 Å². The number of fused-ring (bicyclic) bond motifs is 1. The van der Waals surface area contributed by atoms with Crippen LogP contribution in [0.3, 0.4) is 0 Å². The van der Waals surface area contributed by atoms with Crippen molar-refractivity contribution >= 4 is 25.3 Å². The lowest BCUT2D eigenvalue weighted by Gasteiger charge is -2.32. The normalized spacial score (nSPS) is 15.8. The molecule has 10 heteroatoms. The Bertz CT molecular complexity index is 1640. The Morgan fingerprint density at radius 3 is 2.32 bits per heavy atom. The second-order valence-electron chi connectivity index (χ2n) is 9.80. The second-order valence-corrected chi connectivity index (χ2v) is 14.1. The van der Waals surface area contributed by atoms with Gasteiger partial charge in [0.2, 0.25) is 0 Å². The van der Waals surface area contributed by atoms with E-state index in [2.05, 4.69) is 39.2 Å². The number of nitrogens with zero attached hydrogens (tertiary/aromatic N) is 4. The first-order valence-electron chi connectivity index (χ1n) is 12.2. The molecule has 0 bridgehead atoms. The van der Waals surface area contributed by atoms with E-state index in [-0.39, 0.29) is 10.6 Å². The molecule has 4 aromatic rings. The minimum absolute atomic E-state index is 0.201. The standard InChI is InChI=1S/C27H30N4O4S2/c1-36(32,33)17-16-30-13-10-20(11-14-30)22-4-3-5-23(18-22)25-12-15-31-27(28-19-29-31)26(25)21-6-8-24(9-7-21)37(2,34)35/h3-9,12,15,18-20H,10-11,13-14,16-17H2,1-2H3. The fourth-order valence-electron chi connectivity index (χ4n) is 5.03. The van der Waals surface area contributed by atoms with E-state index in [9.17, 15) is 16.8 Å². The molecule has 37 heavy (non-hydrogen) atoms. The highest BCUT2D eigenvalue weighted by atomic mass is 32.2. The van der Waals surface area contributed by atoms with Gasteiger partial charge < -0.3 is 4.90 Å². The van der Waals surface area contributed by atoms with Crippen molar-refractivity contribution in [2.75, 3.05) is 37.9 Å². The SMILES string of the molecule is CS(=O)(=O)CCN1CCC(c2cccc(-c3ccn4ncnc4c3-c3ccc(S(C)(=O)=O)cc3)c2)CC1. The molecule has 0 unspecified atom stereocenters. The van der Waals surface area contributed by atoms with Crippen LogP contribution in [0.15, 0.2) is 72.0 Å². The molecule has 194 valence electrons. The van der Waals surface area contributed by atoms with Crippen molar-refractivity contribution in [2.24, 2.45) is 0 Å². The molecule has 3 heterocycles. The number of rotatable bonds is 7. The van der Waals surface area contributed by atoms with Gasteiger partial charge in [-0.2, -0.15) is 5.10 Å². The van der Waals surface area contributed by atoms with Gasteiger partial charge in [-0.15, -0.1) is 0 Å². The monoisotopic (exact) mass is 538 g/mol. The van der Waals surface area contributed by atoms with Crippen LogP contribution in [0.4, 0.5) is 0 Å². The van der Waals surface area contributed by atoms with Crippen LogP contribution in [0.25, 0.3) is 27.9 Å². The lowest BCUT2D eigenvalue weighted by atomic mass is 9.87. The highest BCUT2D eigenvalue weighted by molar-refractivity contribution is 7.91. The number of piperidine rings is 1. The van der Waals surface area contributed by atoms with Crippen molar-refractivity contribution < 1.29 is 16.8 Å². The number of pyridine rings is 1. The van der Waals surface area contributed by atoms with Crippen LogP contribution in [0.5, 0.6) is 0 Å². The van der Waals surface area contributed by atoms with Crippen LogP contribution in [0.1, 0.15) is 24.3 Å². The summed E-state index contributed by atoms with van der Waals surface area (Å²) in [6, 6.07) is 17.5. The Kier molecular flexibility index (Phi) is 6.91. The molecule has 0 aliphatic carbocycles. The van der Waals surface area contributed by atoms with Crippen molar-refractivity contribution in [1.82, 2.24) is 19.5 Å². The summed E-state index contributed by atoms with van der Waals surface area (Å²) < 4.78 is 48.7. The zero-order valence-corrected chi connectivity index (χ0v) is 22.5. The molecule has 0 spiro atoms. The molecule has 0 atom stereocenters. The molecular weight excluding hydrogens is 508 g/mol. The minimum atomic E-state index is -3.30. The van der Waals surface area contributed by atoms with Gasteiger partial charge in [-0.05, 0) is 72.3 Å². The lowest BCUT2D eigenvalue weighted by Crippen LogP contribution is -2.36. The summed E-state index contributed by atoms with van der Waals surface area (Å²) in [6.07, 6.45) is 7.86. The average molecular weight is 539 g/mol. The predicted octanol–water partition coefficient (Wildman–Crippen LogP) is 3.69. The van der Waals surface area contributed by atoms with Gasteiger partial charge in [0.05, 0.1) is 10.6 Å². The highest BCUT2D eigenvalue weighted by Crippen LogP contribution is 2.37. The van der Waals surface area contributed by atoms with E-state index in [1.807, 2.05) is 24.4 Å². The summed E-state index contributed by atoms with van der Waals surface area (Å²) in [6.45, 7) is 2.35. The predicted molar refractivity (Wildman–Crippen MR) is 145 cm³/mol. The largest absolute Gasteiger partial charge is 0.302 e. The third-order valence-electron chi connectivity index (χ3n) is 7.05. The lowest BCUT2D eigenvalue weighted by molar-refractivity contribution is 0.223. The average Bonchev–Trinajstić information content (AvgIpc) is 3.35. The Labute approximate surface area is 217 Å². The number of hydrogen-bond donors (Lipinski definition) is 0. The molecular formula is C27H30N4O4S2. The van der Waals surface area contributed by atoms with Gasteiger partial charge in [0, 0.05) is 30.8 Å². The van der Waals surface area contributed by atoms with Gasteiger partial charge >= 0.3 is 0 Å². The first-order chi connectivity index (χ1) is 17.6. The quantitative estimate of drug-likeness (QED) is 0.354. The maximum atomic E-state index is 12.0. The number of aromatic nitrogens is 3. The first kappa shape index (κ1) is 25.6. The van der Waals surface area contributed by atoms with E-state index in [0.717, 1.165) is 48.2 Å². The fourth-order valence-corrected chi connectivity index (χ4v) is 6.25. The minimum Gasteiger partial charge on any atom is -0.302 e. The maximum absolute atomic E-state index is 12.0. The number of benzene rings is 2. The third kappa shape index (κ3) is 5.76. The van der Waals surface area contributed by atoms with Crippen LogP contribution in [-0.2, 0) is 19.7 Å². The summed E-state index contributed by atoms with van der Waals surface area (Å²) in [5.74, 6) is 0.607. The van der Waals surface area contributed by atoms with Gasteiger partial charge in [0.25, 0.3) is 0 Å². The van der Waals surface area contributed by atoms with Crippen LogP contribution >= 0.6 is 0 Å².